The molecule has 0 aromatic carbocycles. The van der Waals surface area contributed by atoms with E-state index in [1.54, 1.807) is 24.0 Å². The third kappa shape index (κ3) is 2.23. The molecular weight excluding hydrogens is 364 g/mol. The lowest BCUT2D eigenvalue weighted by Crippen LogP contribution is -2.11. The number of aryl methyl sites for hydroxylation is 1. The second kappa shape index (κ2) is 4.89. The van der Waals surface area contributed by atoms with Crippen LogP contribution < -0.4 is 0 Å². The molecule has 0 amide bonds. The molecule has 1 atom stereocenters. The van der Waals surface area contributed by atoms with E-state index < -0.39 is 15.3 Å². The Hall–Kier alpha value is -2.86. The molecule has 2 saturated carbocycles. The van der Waals surface area contributed by atoms with Crippen molar-refractivity contribution in [1.29, 1.82) is 5.26 Å². The van der Waals surface area contributed by atoms with Gasteiger partial charge in [-0.25, -0.2) is 23.1 Å². The Labute approximate surface area is 155 Å². The number of nitriles is 1. The Morgan fingerprint density at radius 1 is 1.22 bits per heavy atom. The van der Waals surface area contributed by atoms with Crippen molar-refractivity contribution >= 4 is 20.7 Å². The zero-order valence-electron chi connectivity index (χ0n) is 14.8. The van der Waals surface area contributed by atoms with Crippen molar-refractivity contribution in [2.45, 2.75) is 36.6 Å². The molecule has 3 aromatic heterocycles. The van der Waals surface area contributed by atoms with Gasteiger partial charge in [-0.05, 0) is 37.7 Å². The highest BCUT2D eigenvalue weighted by atomic mass is 32.2. The van der Waals surface area contributed by atoms with Crippen LogP contribution in [0.25, 0.3) is 16.7 Å². The maximum Gasteiger partial charge on any atom is 0.192 e. The third-order valence-corrected chi connectivity index (χ3v) is 6.68. The second-order valence-electron chi connectivity index (χ2n) is 7.54. The van der Waals surface area contributed by atoms with Gasteiger partial charge in [0.05, 0.1) is 23.5 Å². The minimum Gasteiger partial charge on any atom is -0.259 e. The van der Waals surface area contributed by atoms with E-state index in [0.717, 1.165) is 42.1 Å². The summed E-state index contributed by atoms with van der Waals surface area (Å²) in [6.07, 6.45) is 7.48. The molecule has 8 nitrogen and oxygen atoms in total. The van der Waals surface area contributed by atoms with Gasteiger partial charge in [-0.3, -0.25) is 4.98 Å². The molecule has 5 rings (SSSR count). The Morgan fingerprint density at radius 2 is 2.00 bits per heavy atom. The van der Waals surface area contributed by atoms with Crippen LogP contribution in [0.4, 0.5) is 0 Å². The van der Waals surface area contributed by atoms with Crippen LogP contribution in [-0.2, 0) is 15.3 Å². The number of nitrogens with zero attached hydrogens (tertiary/aromatic N) is 6. The topological polar surface area (TPSA) is 114 Å². The zero-order chi connectivity index (χ0) is 19.0. The highest BCUT2D eigenvalue weighted by Gasteiger charge is 2.76. The van der Waals surface area contributed by atoms with E-state index in [9.17, 15) is 13.7 Å². The number of fused-ring (bicyclic) bond motifs is 1. The maximum absolute atomic E-state index is 11.9. The van der Waals surface area contributed by atoms with Crippen LogP contribution in [0.2, 0.25) is 0 Å². The molecule has 3 aromatic rings. The van der Waals surface area contributed by atoms with Crippen molar-refractivity contribution in [2.24, 2.45) is 5.41 Å². The van der Waals surface area contributed by atoms with Gasteiger partial charge >= 0.3 is 0 Å². The first-order valence-electron chi connectivity index (χ1n) is 8.60. The van der Waals surface area contributed by atoms with Gasteiger partial charge < -0.3 is 0 Å². The van der Waals surface area contributed by atoms with Gasteiger partial charge in [0, 0.05) is 23.9 Å². The van der Waals surface area contributed by atoms with E-state index in [4.69, 9.17) is 0 Å². The van der Waals surface area contributed by atoms with Crippen molar-refractivity contribution < 1.29 is 8.42 Å². The van der Waals surface area contributed by atoms with E-state index in [0.29, 0.717) is 11.6 Å². The third-order valence-electron chi connectivity index (χ3n) is 5.72. The summed E-state index contributed by atoms with van der Waals surface area (Å²) in [5.41, 5.74) is 1.11. The van der Waals surface area contributed by atoms with Crippen molar-refractivity contribution in [3.05, 3.63) is 36.0 Å². The number of sulfone groups is 1. The summed E-state index contributed by atoms with van der Waals surface area (Å²) < 4.78 is 25.4. The zero-order valence-corrected chi connectivity index (χ0v) is 15.7. The molecule has 3 heterocycles. The van der Waals surface area contributed by atoms with Gasteiger partial charge in [-0.2, -0.15) is 10.4 Å². The average Bonchev–Trinajstić information content (AvgIpc) is 3.49. The molecule has 0 radical (unpaired) electrons. The minimum atomic E-state index is -3.47. The van der Waals surface area contributed by atoms with Gasteiger partial charge in [0.15, 0.2) is 20.7 Å². The molecule has 9 heteroatoms. The van der Waals surface area contributed by atoms with E-state index in [1.165, 1.54) is 6.07 Å². The lowest BCUT2D eigenvalue weighted by atomic mass is 9.98. The number of rotatable bonds is 3. The summed E-state index contributed by atoms with van der Waals surface area (Å²) >= 11 is 0. The normalized spacial score (nSPS) is 22.7. The first kappa shape index (κ1) is 16.3. The van der Waals surface area contributed by atoms with E-state index in [1.807, 2.05) is 6.07 Å². The highest BCUT2D eigenvalue weighted by Crippen LogP contribution is 2.78. The van der Waals surface area contributed by atoms with Crippen LogP contribution >= 0.6 is 0 Å². The molecule has 136 valence electrons. The summed E-state index contributed by atoms with van der Waals surface area (Å²) in [4.78, 5) is 12.9. The first-order chi connectivity index (χ1) is 12.8. The quantitative estimate of drug-likeness (QED) is 0.637. The van der Waals surface area contributed by atoms with Crippen LogP contribution in [0, 0.1) is 23.7 Å². The van der Waals surface area contributed by atoms with Crippen molar-refractivity contribution in [2.75, 3.05) is 6.26 Å². The van der Waals surface area contributed by atoms with Crippen LogP contribution in [0.15, 0.2) is 29.6 Å². The fourth-order valence-corrected chi connectivity index (χ4v) is 4.57. The molecule has 0 saturated heterocycles. The monoisotopic (exact) mass is 380 g/mol. The standard InChI is InChI=1S/C18H16N6O2S/c1-11-22-15(6-16(23-11)27(2,25)26)24-13-5-14(20-7-12(13)8-21-24)18(10-19)9-17(18)3-4-17/h5-8H,3-4,9H2,1-2H3/t18-/m1/s1. The molecule has 0 bridgehead atoms. The molecule has 0 N–H and O–H groups in total. The average molecular weight is 380 g/mol. The number of pyridine rings is 1. The van der Waals surface area contributed by atoms with Crippen LogP contribution in [-0.4, -0.2) is 39.4 Å². The maximum atomic E-state index is 11.9. The molecule has 2 aliphatic carbocycles. The van der Waals surface area contributed by atoms with Crippen molar-refractivity contribution in [1.82, 2.24) is 24.7 Å². The number of hydrogen-bond acceptors (Lipinski definition) is 7. The smallest absolute Gasteiger partial charge is 0.192 e. The molecular formula is C18H16N6O2S. The van der Waals surface area contributed by atoms with Crippen LogP contribution in [0.1, 0.15) is 30.8 Å². The van der Waals surface area contributed by atoms with Gasteiger partial charge in [0.25, 0.3) is 0 Å². The Morgan fingerprint density at radius 3 is 2.63 bits per heavy atom. The van der Waals surface area contributed by atoms with Gasteiger partial charge in [-0.1, -0.05) is 0 Å². The second-order valence-corrected chi connectivity index (χ2v) is 9.51. The lowest BCUT2D eigenvalue weighted by molar-refractivity contribution is 0.596. The highest BCUT2D eigenvalue weighted by molar-refractivity contribution is 7.90. The number of aromatic nitrogens is 5. The van der Waals surface area contributed by atoms with E-state index >= 15 is 0 Å². The van der Waals surface area contributed by atoms with Gasteiger partial charge in [-0.15, -0.1) is 0 Å². The van der Waals surface area contributed by atoms with Crippen molar-refractivity contribution in [3.63, 3.8) is 0 Å². The Bertz CT molecular complexity index is 1270. The summed E-state index contributed by atoms with van der Waals surface area (Å²) in [5, 5.41) is 14.9. The van der Waals surface area contributed by atoms with Crippen LogP contribution in [0.5, 0.6) is 0 Å². The van der Waals surface area contributed by atoms with Gasteiger partial charge in [0.2, 0.25) is 0 Å². The predicted octanol–water partition coefficient (Wildman–Crippen LogP) is 1.87. The Balaban J connectivity index is 1.69. The molecule has 2 fully saturated rings. The van der Waals surface area contributed by atoms with E-state index in [-0.39, 0.29) is 10.4 Å². The Kier molecular flexibility index (Phi) is 2.96. The molecule has 1 spiro atoms. The molecule has 27 heavy (non-hydrogen) atoms. The fraction of sp³-hybridized carbons (Fsp3) is 0.389. The largest absolute Gasteiger partial charge is 0.259 e. The summed E-state index contributed by atoms with van der Waals surface area (Å²) in [6.45, 7) is 1.64. The summed E-state index contributed by atoms with van der Waals surface area (Å²) in [5.74, 6) is 0.719. The molecule has 0 aliphatic heterocycles. The summed E-state index contributed by atoms with van der Waals surface area (Å²) in [6, 6.07) is 5.77. The first-order valence-corrected chi connectivity index (χ1v) is 10.5. The van der Waals surface area contributed by atoms with E-state index in [2.05, 4.69) is 26.1 Å². The summed E-state index contributed by atoms with van der Waals surface area (Å²) in [7, 11) is -3.47. The molecule has 0 unspecified atom stereocenters. The lowest BCUT2D eigenvalue weighted by Gasteiger charge is -2.09. The van der Waals surface area contributed by atoms with Crippen molar-refractivity contribution in [3.8, 4) is 11.9 Å². The fourth-order valence-electron chi connectivity index (χ4n) is 3.96. The van der Waals surface area contributed by atoms with Crippen LogP contribution in [0.3, 0.4) is 0 Å². The predicted molar refractivity (Wildman–Crippen MR) is 95.9 cm³/mol. The van der Waals surface area contributed by atoms with Gasteiger partial charge in [0.1, 0.15) is 11.2 Å². The molecule has 2 aliphatic rings. The number of hydrogen-bond donors (Lipinski definition) is 0. The minimum absolute atomic E-state index is 0.0458. The SMILES string of the molecule is Cc1nc(-n2ncc3cnc([C@]4(C#N)CC45CC5)cc32)cc(S(C)(=O)=O)n1.